The first kappa shape index (κ1) is 14.0. The molecule has 0 aromatic heterocycles. The van der Waals surface area contributed by atoms with Gasteiger partial charge in [-0.3, -0.25) is 14.9 Å². The summed E-state index contributed by atoms with van der Waals surface area (Å²) in [6, 6.07) is 5.81. The van der Waals surface area contributed by atoms with E-state index in [0.29, 0.717) is 18.9 Å². The van der Waals surface area contributed by atoms with Gasteiger partial charge in [0.05, 0.1) is 11.5 Å². The van der Waals surface area contributed by atoms with Crippen molar-refractivity contribution >= 4 is 11.6 Å². The number of non-ortho nitro benzene ring substituents is 1. The number of nitrogens with zero attached hydrogens (tertiary/aromatic N) is 1. The van der Waals surface area contributed by atoms with Crippen LogP contribution in [0.5, 0.6) is 5.75 Å². The van der Waals surface area contributed by atoms with E-state index in [1.807, 2.05) is 13.8 Å². The Kier molecular flexibility index (Phi) is 5.10. The molecule has 1 aromatic rings. The van der Waals surface area contributed by atoms with Gasteiger partial charge in [-0.05, 0) is 12.1 Å². The Morgan fingerprint density at radius 2 is 2.00 bits per heavy atom. The van der Waals surface area contributed by atoms with Crippen molar-refractivity contribution in [1.29, 1.82) is 0 Å². The zero-order valence-corrected chi connectivity index (χ0v) is 10.4. The van der Waals surface area contributed by atoms with Crippen molar-refractivity contribution in [1.82, 2.24) is 5.32 Å². The summed E-state index contributed by atoms with van der Waals surface area (Å²) in [5, 5.41) is 13.1. The number of carbonyl (C=O) groups excluding carboxylic acids is 1. The molecule has 18 heavy (non-hydrogen) atoms. The summed E-state index contributed by atoms with van der Waals surface area (Å²) in [6.45, 7) is 4.36. The van der Waals surface area contributed by atoms with Crippen LogP contribution >= 0.6 is 0 Å². The number of rotatable bonds is 6. The highest BCUT2D eigenvalue weighted by molar-refractivity contribution is 5.77. The number of benzene rings is 1. The van der Waals surface area contributed by atoms with Gasteiger partial charge in [0.25, 0.3) is 5.69 Å². The van der Waals surface area contributed by atoms with Crippen LogP contribution < -0.4 is 10.1 Å². The minimum atomic E-state index is -0.466. The first-order chi connectivity index (χ1) is 8.50. The molecule has 0 atom stereocenters. The maximum atomic E-state index is 11.2. The van der Waals surface area contributed by atoms with Gasteiger partial charge < -0.3 is 10.1 Å². The summed E-state index contributed by atoms with van der Waals surface area (Å²) >= 11 is 0. The third-order valence-corrected chi connectivity index (χ3v) is 2.24. The average Bonchev–Trinajstić information content (AvgIpc) is 2.34. The number of nitro groups is 1. The van der Waals surface area contributed by atoms with Crippen LogP contribution in [0.2, 0.25) is 0 Å². The molecule has 0 unspecified atom stereocenters. The van der Waals surface area contributed by atoms with Gasteiger partial charge in [0.2, 0.25) is 5.91 Å². The smallest absolute Gasteiger partial charge is 0.269 e. The fraction of sp³-hybridized carbons (Fsp3) is 0.417. The SMILES string of the molecule is CC(C)C(=O)NCCOc1ccc([N+](=O)[O-])cc1. The highest BCUT2D eigenvalue weighted by Crippen LogP contribution is 2.16. The third-order valence-electron chi connectivity index (χ3n) is 2.24. The number of hydrogen-bond donors (Lipinski definition) is 1. The van der Waals surface area contributed by atoms with Crippen LogP contribution in [0.4, 0.5) is 5.69 Å². The first-order valence-corrected chi connectivity index (χ1v) is 5.65. The summed E-state index contributed by atoms with van der Waals surface area (Å²) in [5.41, 5.74) is 0.0236. The molecule has 0 saturated carbocycles. The number of ether oxygens (including phenoxy) is 1. The Morgan fingerprint density at radius 3 is 2.50 bits per heavy atom. The minimum absolute atomic E-state index is 0.0236. The maximum Gasteiger partial charge on any atom is 0.269 e. The molecule has 1 N–H and O–H groups in total. The van der Waals surface area contributed by atoms with E-state index in [-0.39, 0.29) is 17.5 Å². The second kappa shape index (κ2) is 6.58. The number of nitrogens with one attached hydrogen (secondary N) is 1. The molecular formula is C12H16N2O4. The van der Waals surface area contributed by atoms with Crippen molar-refractivity contribution in [2.24, 2.45) is 5.92 Å². The van der Waals surface area contributed by atoms with Crippen LogP contribution in [0, 0.1) is 16.0 Å². The minimum Gasteiger partial charge on any atom is -0.492 e. The monoisotopic (exact) mass is 252 g/mol. The van der Waals surface area contributed by atoms with Gasteiger partial charge in [-0.1, -0.05) is 13.8 Å². The van der Waals surface area contributed by atoms with E-state index in [1.165, 1.54) is 24.3 Å². The van der Waals surface area contributed by atoms with Gasteiger partial charge in [-0.15, -0.1) is 0 Å². The Hall–Kier alpha value is -2.11. The van der Waals surface area contributed by atoms with Gasteiger partial charge in [0.15, 0.2) is 0 Å². The van der Waals surface area contributed by atoms with Crippen molar-refractivity contribution < 1.29 is 14.5 Å². The highest BCUT2D eigenvalue weighted by atomic mass is 16.6. The Morgan fingerprint density at radius 1 is 1.39 bits per heavy atom. The van der Waals surface area contributed by atoms with Gasteiger partial charge in [0, 0.05) is 18.1 Å². The molecular weight excluding hydrogens is 236 g/mol. The van der Waals surface area contributed by atoms with Crippen LogP contribution in [-0.4, -0.2) is 24.0 Å². The number of nitro benzene ring substituents is 1. The van der Waals surface area contributed by atoms with Crippen molar-refractivity contribution in [2.45, 2.75) is 13.8 Å². The number of amides is 1. The predicted molar refractivity (Wildman–Crippen MR) is 66.4 cm³/mol. The lowest BCUT2D eigenvalue weighted by atomic mass is 10.2. The molecule has 1 aromatic carbocycles. The van der Waals surface area contributed by atoms with Crippen LogP contribution in [0.3, 0.4) is 0 Å². The zero-order chi connectivity index (χ0) is 13.5. The van der Waals surface area contributed by atoms with E-state index >= 15 is 0 Å². The number of carbonyl (C=O) groups is 1. The number of hydrogen-bond acceptors (Lipinski definition) is 4. The van der Waals surface area contributed by atoms with Gasteiger partial charge in [-0.25, -0.2) is 0 Å². The molecule has 0 aliphatic heterocycles. The molecule has 98 valence electrons. The highest BCUT2D eigenvalue weighted by Gasteiger charge is 2.06. The Labute approximate surface area is 105 Å². The lowest BCUT2D eigenvalue weighted by Crippen LogP contribution is -2.31. The summed E-state index contributed by atoms with van der Waals surface area (Å²) in [6.07, 6.45) is 0. The van der Waals surface area contributed by atoms with Gasteiger partial charge >= 0.3 is 0 Å². The topological polar surface area (TPSA) is 81.5 Å². The fourth-order valence-electron chi connectivity index (χ4n) is 1.21. The Bertz CT molecular complexity index is 415. The summed E-state index contributed by atoms with van der Waals surface area (Å²) in [7, 11) is 0. The molecule has 0 radical (unpaired) electrons. The van der Waals surface area contributed by atoms with Crippen molar-refractivity contribution in [2.75, 3.05) is 13.2 Å². The first-order valence-electron chi connectivity index (χ1n) is 5.65. The molecule has 6 heteroatoms. The Balaban J connectivity index is 2.31. The van der Waals surface area contributed by atoms with Crippen LogP contribution in [-0.2, 0) is 4.79 Å². The molecule has 0 heterocycles. The van der Waals surface area contributed by atoms with Crippen LogP contribution in [0.15, 0.2) is 24.3 Å². The van der Waals surface area contributed by atoms with E-state index in [9.17, 15) is 14.9 Å². The zero-order valence-electron chi connectivity index (χ0n) is 10.4. The molecule has 1 rings (SSSR count). The van der Waals surface area contributed by atoms with E-state index in [2.05, 4.69) is 5.32 Å². The largest absolute Gasteiger partial charge is 0.492 e. The molecule has 0 spiro atoms. The van der Waals surface area contributed by atoms with Gasteiger partial charge in [0.1, 0.15) is 12.4 Å². The van der Waals surface area contributed by atoms with Crippen molar-refractivity contribution in [3.05, 3.63) is 34.4 Å². The van der Waals surface area contributed by atoms with Crippen LogP contribution in [0.25, 0.3) is 0 Å². The normalized spacial score (nSPS) is 10.2. The average molecular weight is 252 g/mol. The molecule has 0 fully saturated rings. The lowest BCUT2D eigenvalue weighted by molar-refractivity contribution is -0.384. The van der Waals surface area contributed by atoms with E-state index < -0.39 is 4.92 Å². The summed E-state index contributed by atoms with van der Waals surface area (Å²) in [4.78, 5) is 21.2. The fourth-order valence-corrected chi connectivity index (χ4v) is 1.21. The molecule has 0 bridgehead atoms. The predicted octanol–water partition coefficient (Wildman–Crippen LogP) is 1.75. The summed E-state index contributed by atoms with van der Waals surface area (Å²) in [5.74, 6) is 0.464. The lowest BCUT2D eigenvalue weighted by Gasteiger charge is -2.09. The molecule has 0 aliphatic carbocycles. The molecule has 0 aliphatic rings. The quantitative estimate of drug-likeness (QED) is 0.475. The maximum absolute atomic E-state index is 11.2. The molecule has 1 amide bonds. The van der Waals surface area contributed by atoms with Crippen LogP contribution in [0.1, 0.15) is 13.8 Å². The van der Waals surface area contributed by atoms with E-state index in [1.54, 1.807) is 0 Å². The van der Waals surface area contributed by atoms with Gasteiger partial charge in [-0.2, -0.15) is 0 Å². The second-order valence-electron chi connectivity index (χ2n) is 4.05. The molecule has 0 saturated heterocycles. The summed E-state index contributed by atoms with van der Waals surface area (Å²) < 4.78 is 5.33. The molecule has 6 nitrogen and oxygen atoms in total. The van der Waals surface area contributed by atoms with Crippen molar-refractivity contribution in [3.63, 3.8) is 0 Å². The standard InChI is InChI=1S/C12H16N2O4/c1-9(2)12(15)13-7-8-18-11-5-3-10(4-6-11)14(16)17/h3-6,9H,7-8H2,1-2H3,(H,13,15). The van der Waals surface area contributed by atoms with Crippen molar-refractivity contribution in [3.8, 4) is 5.75 Å². The van der Waals surface area contributed by atoms with E-state index in [4.69, 9.17) is 4.74 Å². The second-order valence-corrected chi connectivity index (χ2v) is 4.05. The van der Waals surface area contributed by atoms with E-state index in [0.717, 1.165) is 0 Å². The third kappa shape index (κ3) is 4.40.